The number of nitrogens with zero attached hydrogens (tertiary/aromatic N) is 1. The SMILES string of the molecule is CCCCCC/C=C\C/C=C\CCCCCCCC(=O)OC(COC(=O)CCCCCCCCCCCCCCCCCCCCCCCCCC)COP(=O)([O-])OCC[N+](C)(C)C. The molecule has 0 bridgehead atoms. The predicted octanol–water partition coefficient (Wildman–Crippen LogP) is 15.6. The summed E-state index contributed by atoms with van der Waals surface area (Å²) in [5, 5.41) is 0. The maximum absolute atomic E-state index is 12.7. The lowest BCUT2D eigenvalue weighted by molar-refractivity contribution is -0.870. The Morgan fingerprint density at radius 2 is 0.844 bits per heavy atom. The van der Waals surface area contributed by atoms with E-state index in [1.807, 2.05) is 21.1 Å². The molecule has 0 aliphatic rings. The Labute approximate surface area is 396 Å². The number of unbranched alkanes of at least 4 members (excludes halogenated alkanes) is 32. The van der Waals surface area contributed by atoms with Gasteiger partial charge in [0.2, 0.25) is 0 Å². The number of quaternary nitrogens is 1. The van der Waals surface area contributed by atoms with Crippen molar-refractivity contribution < 1.29 is 42.1 Å². The van der Waals surface area contributed by atoms with Crippen LogP contribution in [0.15, 0.2) is 24.3 Å². The molecule has 0 spiro atoms. The molecular weight excluding hydrogens is 822 g/mol. The Morgan fingerprint density at radius 3 is 1.25 bits per heavy atom. The molecule has 0 aliphatic heterocycles. The lowest BCUT2D eigenvalue weighted by Crippen LogP contribution is -2.37. The molecule has 2 unspecified atom stereocenters. The van der Waals surface area contributed by atoms with Gasteiger partial charge in [-0.05, 0) is 44.9 Å². The van der Waals surface area contributed by atoms with Crippen molar-refractivity contribution in [1.82, 2.24) is 0 Å². The number of carbonyl (C=O) groups excluding carboxylic acids is 2. The van der Waals surface area contributed by atoms with Crippen molar-refractivity contribution >= 4 is 19.8 Å². The van der Waals surface area contributed by atoms with Crippen LogP contribution in [0.3, 0.4) is 0 Å². The van der Waals surface area contributed by atoms with Crippen molar-refractivity contribution in [2.75, 3.05) is 47.5 Å². The van der Waals surface area contributed by atoms with Crippen LogP contribution in [0.5, 0.6) is 0 Å². The van der Waals surface area contributed by atoms with Gasteiger partial charge in [0.05, 0.1) is 27.7 Å². The van der Waals surface area contributed by atoms with Gasteiger partial charge in [0, 0.05) is 12.8 Å². The summed E-state index contributed by atoms with van der Waals surface area (Å²) in [6.45, 7) is 4.24. The Balaban J connectivity index is 4.15. The Hall–Kier alpha value is -1.51. The molecule has 0 radical (unpaired) electrons. The quantitative estimate of drug-likeness (QED) is 0.0195. The van der Waals surface area contributed by atoms with Gasteiger partial charge in [0.1, 0.15) is 19.8 Å². The Kier molecular flexibility index (Phi) is 45.5. The number of carbonyl (C=O) groups is 2. The summed E-state index contributed by atoms with van der Waals surface area (Å²) in [5.74, 6) is -0.837. The number of likely N-dealkylation sites (N-methyl/N-ethyl adjacent to an activating group) is 1. The molecule has 0 aromatic carbocycles. The molecule has 378 valence electrons. The predicted molar refractivity (Wildman–Crippen MR) is 268 cm³/mol. The maximum atomic E-state index is 12.7. The van der Waals surface area contributed by atoms with E-state index in [-0.39, 0.29) is 32.0 Å². The van der Waals surface area contributed by atoms with Gasteiger partial charge in [-0.15, -0.1) is 0 Å². The zero-order valence-corrected chi connectivity index (χ0v) is 43.6. The molecule has 0 N–H and O–H groups in total. The minimum atomic E-state index is -4.63. The summed E-state index contributed by atoms with van der Waals surface area (Å²) in [6.07, 6.45) is 53.6. The summed E-state index contributed by atoms with van der Waals surface area (Å²) in [4.78, 5) is 37.7. The first-order chi connectivity index (χ1) is 31.0. The van der Waals surface area contributed by atoms with E-state index >= 15 is 0 Å². The van der Waals surface area contributed by atoms with Gasteiger partial charge >= 0.3 is 11.9 Å². The standard InChI is InChI=1S/C54H104NO8P/c1-6-8-10-12-14-16-18-20-22-24-25-26-27-28-29-30-31-33-34-36-38-40-42-44-46-53(56)60-50-52(51-62-64(58,59)61-49-48-55(3,4)5)63-54(57)47-45-43-41-39-37-35-32-23-21-19-17-15-13-11-9-7-2/h17,19,23,32,52H,6-16,18,20-22,24-31,33-51H2,1-5H3/b19-17-,32-23-. The molecule has 0 aromatic rings. The van der Waals surface area contributed by atoms with E-state index in [4.69, 9.17) is 18.5 Å². The number of phosphoric acid groups is 1. The molecule has 0 saturated heterocycles. The van der Waals surface area contributed by atoms with Crippen LogP contribution in [-0.4, -0.2) is 70.0 Å². The van der Waals surface area contributed by atoms with Gasteiger partial charge in [-0.2, -0.15) is 0 Å². The summed E-state index contributed by atoms with van der Waals surface area (Å²) < 4.78 is 34.1. The first-order valence-corrected chi connectivity index (χ1v) is 28.5. The van der Waals surface area contributed by atoms with Crippen LogP contribution in [0.25, 0.3) is 0 Å². The van der Waals surface area contributed by atoms with Crippen molar-refractivity contribution in [1.29, 1.82) is 0 Å². The largest absolute Gasteiger partial charge is 0.756 e. The summed E-state index contributed by atoms with van der Waals surface area (Å²) in [7, 11) is 1.17. The highest BCUT2D eigenvalue weighted by molar-refractivity contribution is 7.45. The second-order valence-corrected chi connectivity index (χ2v) is 21.0. The molecule has 2 atom stereocenters. The molecule has 0 aromatic heterocycles. The fraction of sp³-hybridized carbons (Fsp3) is 0.889. The highest BCUT2D eigenvalue weighted by atomic mass is 31.2. The highest BCUT2D eigenvalue weighted by Gasteiger charge is 2.21. The molecular formula is C54H104NO8P. The normalized spacial score (nSPS) is 13.5. The average molecular weight is 926 g/mol. The second-order valence-electron chi connectivity index (χ2n) is 19.6. The van der Waals surface area contributed by atoms with Crippen LogP contribution in [0.4, 0.5) is 0 Å². The van der Waals surface area contributed by atoms with Gasteiger partial charge in [-0.25, -0.2) is 0 Å². The Morgan fingerprint density at radius 1 is 0.484 bits per heavy atom. The van der Waals surface area contributed by atoms with Gasteiger partial charge in [0.15, 0.2) is 6.10 Å². The van der Waals surface area contributed by atoms with E-state index in [1.54, 1.807) is 0 Å². The molecule has 0 rings (SSSR count). The van der Waals surface area contributed by atoms with E-state index in [1.165, 1.54) is 167 Å². The maximum Gasteiger partial charge on any atom is 0.306 e. The smallest absolute Gasteiger partial charge is 0.306 e. The number of hydrogen-bond donors (Lipinski definition) is 0. The van der Waals surface area contributed by atoms with E-state index < -0.39 is 26.5 Å². The molecule has 0 fully saturated rings. The Bertz CT molecular complexity index is 1140. The third kappa shape index (κ3) is 49.9. The van der Waals surface area contributed by atoms with Crippen LogP contribution in [-0.2, 0) is 32.7 Å². The zero-order valence-electron chi connectivity index (χ0n) is 42.7. The van der Waals surface area contributed by atoms with Crippen molar-refractivity contribution in [2.24, 2.45) is 0 Å². The molecule has 0 heterocycles. The van der Waals surface area contributed by atoms with Crippen LogP contribution >= 0.6 is 7.82 Å². The lowest BCUT2D eigenvalue weighted by atomic mass is 10.0. The number of phosphoric ester groups is 1. The van der Waals surface area contributed by atoms with Crippen molar-refractivity contribution in [3.8, 4) is 0 Å². The number of hydrogen-bond acceptors (Lipinski definition) is 8. The van der Waals surface area contributed by atoms with E-state index in [2.05, 4.69) is 38.2 Å². The topological polar surface area (TPSA) is 111 Å². The molecule has 64 heavy (non-hydrogen) atoms. The summed E-state index contributed by atoms with van der Waals surface area (Å²) in [6, 6.07) is 0. The minimum absolute atomic E-state index is 0.0316. The fourth-order valence-electron chi connectivity index (χ4n) is 7.75. The fourth-order valence-corrected chi connectivity index (χ4v) is 8.48. The summed E-state index contributed by atoms with van der Waals surface area (Å²) in [5.41, 5.74) is 0. The highest BCUT2D eigenvalue weighted by Crippen LogP contribution is 2.38. The van der Waals surface area contributed by atoms with Gasteiger partial charge < -0.3 is 27.9 Å². The zero-order chi connectivity index (χ0) is 47.1. The number of esters is 2. The molecule has 0 aliphatic carbocycles. The first-order valence-electron chi connectivity index (χ1n) is 27.0. The minimum Gasteiger partial charge on any atom is -0.756 e. The van der Waals surface area contributed by atoms with Crippen molar-refractivity contribution in [2.45, 2.75) is 264 Å². The third-order valence-electron chi connectivity index (χ3n) is 12.0. The number of ether oxygens (including phenoxy) is 2. The van der Waals surface area contributed by atoms with Crippen LogP contribution in [0.1, 0.15) is 258 Å². The van der Waals surface area contributed by atoms with E-state index in [0.29, 0.717) is 17.4 Å². The first kappa shape index (κ1) is 62.5. The molecule has 0 amide bonds. The third-order valence-corrected chi connectivity index (χ3v) is 12.9. The van der Waals surface area contributed by atoms with Crippen LogP contribution in [0, 0.1) is 0 Å². The summed E-state index contributed by atoms with van der Waals surface area (Å²) >= 11 is 0. The number of rotatable bonds is 50. The molecule has 0 saturated carbocycles. The van der Waals surface area contributed by atoms with Gasteiger partial charge in [-0.3, -0.25) is 14.2 Å². The monoisotopic (exact) mass is 926 g/mol. The van der Waals surface area contributed by atoms with Crippen LogP contribution in [0.2, 0.25) is 0 Å². The molecule has 9 nitrogen and oxygen atoms in total. The van der Waals surface area contributed by atoms with Crippen molar-refractivity contribution in [3.63, 3.8) is 0 Å². The van der Waals surface area contributed by atoms with Crippen LogP contribution < -0.4 is 4.89 Å². The van der Waals surface area contributed by atoms with Gasteiger partial charge in [-0.1, -0.05) is 224 Å². The van der Waals surface area contributed by atoms with E-state index in [0.717, 1.165) is 57.8 Å². The number of allylic oxidation sites excluding steroid dienone is 4. The molecule has 10 heteroatoms. The van der Waals surface area contributed by atoms with E-state index in [9.17, 15) is 19.0 Å². The lowest BCUT2D eigenvalue weighted by Gasteiger charge is -2.28. The van der Waals surface area contributed by atoms with Gasteiger partial charge in [0.25, 0.3) is 7.82 Å². The van der Waals surface area contributed by atoms with Crippen molar-refractivity contribution in [3.05, 3.63) is 24.3 Å². The second kappa shape index (κ2) is 46.6. The average Bonchev–Trinajstić information content (AvgIpc) is 3.25.